The Labute approximate surface area is 291 Å². The molecule has 6 heteroatoms. The van der Waals surface area contributed by atoms with Crippen molar-refractivity contribution in [3.8, 4) is 34.0 Å². The lowest BCUT2D eigenvalue weighted by Gasteiger charge is -2.09. The fraction of sp³-hybridized carbons (Fsp3) is 0. The summed E-state index contributed by atoms with van der Waals surface area (Å²) in [4.78, 5) is 15.4. The molecule has 0 radical (unpaired) electrons. The third-order valence-corrected chi connectivity index (χ3v) is 10.1. The van der Waals surface area contributed by atoms with Gasteiger partial charge in [-0.3, -0.25) is 9.55 Å². The summed E-state index contributed by atoms with van der Waals surface area (Å²) < 4.78 is 11.0. The molecule has 0 aliphatic carbocycles. The smallest absolute Gasteiger partial charge is 0.235 e. The number of hydrogen-bond donors (Lipinski definition) is 0. The molecule has 0 atom stereocenters. The van der Waals surface area contributed by atoms with Crippen molar-refractivity contribution in [2.24, 2.45) is 0 Å². The summed E-state index contributed by atoms with van der Waals surface area (Å²) >= 11 is 0. The van der Waals surface area contributed by atoms with E-state index in [0.717, 1.165) is 93.8 Å². The monoisotopic (exact) mass is 653 g/mol. The van der Waals surface area contributed by atoms with E-state index in [1.807, 2.05) is 24.5 Å². The van der Waals surface area contributed by atoms with Crippen molar-refractivity contribution in [2.45, 2.75) is 0 Å². The predicted molar refractivity (Wildman–Crippen MR) is 207 cm³/mol. The highest BCUT2D eigenvalue weighted by molar-refractivity contribution is 6.13. The molecule has 5 aromatic heterocycles. The van der Waals surface area contributed by atoms with Gasteiger partial charge in [0.05, 0.1) is 34.0 Å². The number of aromatic nitrogens is 5. The Bertz CT molecular complexity index is 3140. The zero-order chi connectivity index (χ0) is 33.5. The summed E-state index contributed by atoms with van der Waals surface area (Å²) in [6, 6.07) is 52.5. The molecule has 238 valence electrons. The van der Waals surface area contributed by atoms with Crippen LogP contribution >= 0.6 is 0 Å². The quantitative estimate of drug-likeness (QED) is 0.190. The Kier molecular flexibility index (Phi) is 5.86. The Morgan fingerprint density at radius 1 is 0.451 bits per heavy atom. The fourth-order valence-corrected chi connectivity index (χ4v) is 7.73. The van der Waals surface area contributed by atoms with Gasteiger partial charge in [-0.05, 0) is 59.7 Å². The zero-order valence-electron chi connectivity index (χ0n) is 27.2. The molecule has 0 fully saturated rings. The maximum absolute atomic E-state index is 6.64. The molecule has 0 unspecified atom stereocenters. The van der Waals surface area contributed by atoms with Gasteiger partial charge in [-0.15, -0.1) is 0 Å². The Hall–Kier alpha value is -7.05. The van der Waals surface area contributed by atoms with Crippen molar-refractivity contribution in [3.05, 3.63) is 164 Å². The molecular weight excluding hydrogens is 627 g/mol. The maximum Gasteiger partial charge on any atom is 0.235 e. The number of furan rings is 1. The zero-order valence-corrected chi connectivity index (χ0v) is 27.2. The highest BCUT2D eigenvalue weighted by Gasteiger charge is 2.20. The first kappa shape index (κ1) is 27.9. The maximum atomic E-state index is 6.64. The SMILES string of the molecule is c1ccc(-c2ccc3c(c2)oc2c(-c4cc5c(cn4)c4ccccc4n5-c4ncc5c(n4)c4ccccc4n5-c4ccccc4)cccc23)cc1. The molecule has 0 aliphatic heterocycles. The van der Waals surface area contributed by atoms with Crippen LogP contribution in [-0.2, 0) is 0 Å². The van der Waals surface area contributed by atoms with E-state index in [4.69, 9.17) is 19.4 Å². The topological polar surface area (TPSA) is 61.7 Å². The average molecular weight is 654 g/mol. The summed E-state index contributed by atoms with van der Waals surface area (Å²) in [5, 5.41) is 5.35. The Balaban J connectivity index is 1.13. The summed E-state index contributed by atoms with van der Waals surface area (Å²) in [6.45, 7) is 0. The van der Waals surface area contributed by atoms with Crippen LogP contribution in [0.3, 0.4) is 0 Å². The van der Waals surface area contributed by atoms with Crippen LogP contribution in [0.25, 0.3) is 99.7 Å². The lowest BCUT2D eigenvalue weighted by Crippen LogP contribution is -2.02. The second kappa shape index (κ2) is 10.7. The van der Waals surface area contributed by atoms with Crippen molar-refractivity contribution in [1.29, 1.82) is 0 Å². The van der Waals surface area contributed by atoms with E-state index in [2.05, 4.69) is 149 Å². The van der Waals surface area contributed by atoms with Gasteiger partial charge in [0.15, 0.2) is 0 Å². The van der Waals surface area contributed by atoms with Gasteiger partial charge in [0.25, 0.3) is 0 Å². The largest absolute Gasteiger partial charge is 0.455 e. The number of fused-ring (bicyclic) bond motifs is 9. The van der Waals surface area contributed by atoms with Crippen molar-refractivity contribution < 1.29 is 4.42 Å². The summed E-state index contributed by atoms with van der Waals surface area (Å²) in [5.74, 6) is 0.609. The van der Waals surface area contributed by atoms with Gasteiger partial charge < -0.3 is 8.98 Å². The molecule has 0 aliphatic rings. The van der Waals surface area contributed by atoms with E-state index >= 15 is 0 Å². The molecule has 11 aromatic rings. The fourth-order valence-electron chi connectivity index (χ4n) is 7.73. The third kappa shape index (κ3) is 4.14. The second-order valence-electron chi connectivity index (χ2n) is 12.9. The van der Waals surface area contributed by atoms with Gasteiger partial charge in [0.1, 0.15) is 16.7 Å². The van der Waals surface area contributed by atoms with Crippen LogP contribution in [0.5, 0.6) is 0 Å². The van der Waals surface area contributed by atoms with Crippen molar-refractivity contribution in [3.63, 3.8) is 0 Å². The minimum absolute atomic E-state index is 0.609. The standard InChI is InChI=1S/C45H27N5O/c1-3-12-28(13-4-1)29-22-23-32-33-18-11-19-34(44(33)51-42(32)24-29)37-25-40-36(26-46-37)31-16-7-9-20-38(31)50(40)45-47-27-41-43(48-45)35-17-8-10-21-39(35)49(41)30-14-5-2-6-15-30/h1-27H. The molecule has 0 saturated heterocycles. The Morgan fingerprint density at radius 2 is 1.18 bits per heavy atom. The van der Waals surface area contributed by atoms with Gasteiger partial charge in [0.2, 0.25) is 5.95 Å². The normalized spacial score (nSPS) is 11.9. The lowest BCUT2D eigenvalue weighted by atomic mass is 10.0. The van der Waals surface area contributed by atoms with Crippen LogP contribution in [-0.4, -0.2) is 24.1 Å². The summed E-state index contributed by atoms with van der Waals surface area (Å²) in [6.07, 6.45) is 3.92. The van der Waals surface area contributed by atoms with E-state index in [-0.39, 0.29) is 0 Å². The first-order valence-electron chi connectivity index (χ1n) is 17.0. The van der Waals surface area contributed by atoms with Crippen LogP contribution in [0.4, 0.5) is 0 Å². The average Bonchev–Trinajstić information content (AvgIpc) is 3.85. The minimum atomic E-state index is 0.609. The van der Waals surface area contributed by atoms with Gasteiger partial charge >= 0.3 is 0 Å². The van der Waals surface area contributed by atoms with Crippen LogP contribution < -0.4 is 0 Å². The van der Waals surface area contributed by atoms with Gasteiger partial charge in [0, 0.05) is 44.4 Å². The molecule has 0 amide bonds. The number of pyridine rings is 1. The van der Waals surface area contributed by atoms with E-state index in [1.165, 1.54) is 0 Å². The first-order chi connectivity index (χ1) is 25.3. The van der Waals surface area contributed by atoms with Crippen molar-refractivity contribution in [2.75, 3.05) is 0 Å². The van der Waals surface area contributed by atoms with E-state index in [1.54, 1.807) is 0 Å². The van der Waals surface area contributed by atoms with Crippen LogP contribution in [0.2, 0.25) is 0 Å². The minimum Gasteiger partial charge on any atom is -0.455 e. The number of nitrogens with zero attached hydrogens (tertiary/aromatic N) is 5. The number of hydrogen-bond acceptors (Lipinski definition) is 4. The lowest BCUT2D eigenvalue weighted by molar-refractivity contribution is 0.670. The van der Waals surface area contributed by atoms with Gasteiger partial charge in [-0.25, -0.2) is 9.97 Å². The van der Waals surface area contributed by atoms with Crippen molar-refractivity contribution in [1.82, 2.24) is 24.1 Å². The summed E-state index contributed by atoms with van der Waals surface area (Å²) in [7, 11) is 0. The Morgan fingerprint density at radius 3 is 2.02 bits per heavy atom. The molecule has 0 spiro atoms. The number of benzene rings is 6. The van der Waals surface area contributed by atoms with Crippen molar-refractivity contribution >= 4 is 65.7 Å². The first-order valence-corrected chi connectivity index (χ1v) is 17.0. The number of para-hydroxylation sites is 4. The van der Waals surface area contributed by atoms with Crippen LogP contribution in [0.1, 0.15) is 0 Å². The van der Waals surface area contributed by atoms with Crippen LogP contribution in [0, 0.1) is 0 Å². The predicted octanol–water partition coefficient (Wildman–Crippen LogP) is 11.3. The summed E-state index contributed by atoms with van der Waals surface area (Å²) in [5.41, 5.74) is 11.7. The van der Waals surface area contributed by atoms with E-state index in [9.17, 15) is 0 Å². The highest BCUT2D eigenvalue weighted by Crippen LogP contribution is 2.39. The highest BCUT2D eigenvalue weighted by atomic mass is 16.3. The molecule has 0 bridgehead atoms. The molecule has 0 N–H and O–H groups in total. The molecule has 5 heterocycles. The van der Waals surface area contributed by atoms with E-state index < -0.39 is 0 Å². The molecule has 6 aromatic carbocycles. The molecule has 51 heavy (non-hydrogen) atoms. The van der Waals surface area contributed by atoms with Crippen LogP contribution in [0.15, 0.2) is 168 Å². The second-order valence-corrected chi connectivity index (χ2v) is 12.9. The van der Waals surface area contributed by atoms with E-state index in [0.29, 0.717) is 5.95 Å². The molecular formula is C45H27N5O. The third-order valence-electron chi connectivity index (χ3n) is 10.1. The number of rotatable bonds is 4. The molecule has 6 nitrogen and oxygen atoms in total. The molecule has 0 saturated carbocycles. The van der Waals surface area contributed by atoms with Gasteiger partial charge in [-0.2, -0.15) is 0 Å². The molecule has 11 rings (SSSR count). The van der Waals surface area contributed by atoms with Gasteiger partial charge in [-0.1, -0.05) is 103 Å².